The van der Waals surface area contributed by atoms with Gasteiger partial charge in [-0.3, -0.25) is 4.79 Å². The second kappa shape index (κ2) is 8.03. The summed E-state index contributed by atoms with van der Waals surface area (Å²) in [4.78, 5) is 27.0. The first-order valence-corrected chi connectivity index (χ1v) is 10.7. The molecule has 5 nitrogen and oxygen atoms in total. The van der Waals surface area contributed by atoms with Crippen molar-refractivity contribution < 1.29 is 18.7 Å². The molecule has 152 valence electrons. The van der Waals surface area contributed by atoms with Crippen molar-refractivity contribution in [3.63, 3.8) is 0 Å². The summed E-state index contributed by atoms with van der Waals surface area (Å²) in [6.45, 7) is 6.41. The number of ether oxygens (including phenoxy) is 1. The number of carbonyl (C=O) groups excluding carboxylic acids is 2. The van der Waals surface area contributed by atoms with Crippen LogP contribution in [0, 0.1) is 19.8 Å². The third-order valence-corrected chi connectivity index (χ3v) is 6.85. The molecule has 0 N–H and O–H groups in total. The maximum atomic E-state index is 12.7. The third kappa shape index (κ3) is 4.08. The first kappa shape index (κ1) is 19.7. The molecule has 1 aliphatic carbocycles. The van der Waals surface area contributed by atoms with Crippen molar-refractivity contribution in [2.75, 3.05) is 6.61 Å². The summed E-state index contributed by atoms with van der Waals surface area (Å²) in [5.41, 5.74) is 3.66. The number of thiophene rings is 1. The predicted octanol–water partition coefficient (Wildman–Crippen LogP) is 4.97. The fourth-order valence-corrected chi connectivity index (χ4v) is 5.07. The van der Waals surface area contributed by atoms with Crippen LogP contribution in [0.1, 0.15) is 61.0 Å². The zero-order valence-corrected chi connectivity index (χ0v) is 17.8. The highest BCUT2D eigenvalue weighted by atomic mass is 32.1. The first-order chi connectivity index (χ1) is 13.9. The summed E-state index contributed by atoms with van der Waals surface area (Å²) in [6.07, 6.45) is 4.83. The lowest BCUT2D eigenvalue weighted by Crippen LogP contribution is -2.14. The largest absolute Gasteiger partial charge is 0.467 e. The maximum Gasteiger partial charge on any atom is 0.348 e. The lowest BCUT2D eigenvalue weighted by atomic mass is 9.90. The zero-order valence-electron chi connectivity index (χ0n) is 17.0. The predicted molar refractivity (Wildman–Crippen MR) is 112 cm³/mol. The molecular weight excluding hydrogens is 386 g/mol. The average Bonchev–Trinajstić information content (AvgIpc) is 3.41. The Hall–Kier alpha value is -2.60. The number of hydrogen-bond acceptors (Lipinski definition) is 5. The molecule has 0 saturated heterocycles. The number of Topliss-reactive ketones (excluding diaryl/α,β-unsaturated/α-hetero) is 1. The summed E-state index contributed by atoms with van der Waals surface area (Å²) in [7, 11) is 0. The van der Waals surface area contributed by atoms with E-state index < -0.39 is 5.97 Å². The third-order valence-electron chi connectivity index (χ3n) is 5.63. The maximum absolute atomic E-state index is 12.7. The van der Waals surface area contributed by atoms with Crippen LogP contribution in [0.2, 0.25) is 0 Å². The summed E-state index contributed by atoms with van der Waals surface area (Å²) in [5.74, 6) is 0.883. The standard InChI is InChI=1S/C23H25NO4S/c1-14-6-7-21-17(9-14)11-22(29-21)23(26)28-13-20(25)19-10-15(2)24(16(19)3)12-18-5-4-8-27-18/h4-5,8,10-11,14H,6-7,9,12-13H2,1-3H3/t14-/m0/s1. The average molecular weight is 412 g/mol. The van der Waals surface area contributed by atoms with E-state index in [1.54, 1.807) is 6.26 Å². The number of esters is 1. The Morgan fingerprint density at radius 2 is 2.14 bits per heavy atom. The molecule has 0 radical (unpaired) electrons. The van der Waals surface area contributed by atoms with Gasteiger partial charge in [-0.15, -0.1) is 11.3 Å². The molecule has 3 aromatic heterocycles. The van der Waals surface area contributed by atoms with Crippen LogP contribution in [0.3, 0.4) is 0 Å². The minimum atomic E-state index is -0.408. The Kier molecular flexibility index (Phi) is 5.46. The zero-order chi connectivity index (χ0) is 20.5. The van der Waals surface area contributed by atoms with Gasteiger partial charge in [0.1, 0.15) is 10.6 Å². The van der Waals surface area contributed by atoms with Crippen molar-refractivity contribution in [3.8, 4) is 0 Å². The van der Waals surface area contributed by atoms with E-state index in [9.17, 15) is 9.59 Å². The van der Waals surface area contributed by atoms with Gasteiger partial charge >= 0.3 is 5.97 Å². The van der Waals surface area contributed by atoms with E-state index in [0.717, 1.165) is 36.4 Å². The van der Waals surface area contributed by atoms with Crippen molar-refractivity contribution in [1.82, 2.24) is 4.57 Å². The fraction of sp³-hybridized carbons (Fsp3) is 0.391. The molecule has 4 rings (SSSR count). The molecule has 6 heteroatoms. The molecule has 1 atom stereocenters. The van der Waals surface area contributed by atoms with Gasteiger partial charge < -0.3 is 13.7 Å². The van der Waals surface area contributed by atoms with Crippen LogP contribution in [-0.2, 0) is 24.1 Å². The lowest BCUT2D eigenvalue weighted by molar-refractivity contribution is 0.0479. The SMILES string of the molecule is Cc1cc(C(=O)COC(=O)c2cc3c(s2)CC[C@H](C)C3)c(C)n1Cc1ccco1. The van der Waals surface area contributed by atoms with Crippen LogP contribution in [0.4, 0.5) is 0 Å². The second-order valence-corrected chi connectivity index (χ2v) is 8.99. The second-order valence-electron chi connectivity index (χ2n) is 7.86. The minimum absolute atomic E-state index is 0.188. The molecule has 3 aromatic rings. The Morgan fingerprint density at radius 3 is 2.90 bits per heavy atom. The van der Waals surface area contributed by atoms with Crippen LogP contribution in [-0.4, -0.2) is 22.9 Å². The van der Waals surface area contributed by atoms with E-state index in [0.29, 0.717) is 22.9 Å². The van der Waals surface area contributed by atoms with Gasteiger partial charge in [0.15, 0.2) is 6.61 Å². The molecule has 1 aliphatic rings. The summed E-state index contributed by atoms with van der Waals surface area (Å²) >= 11 is 1.50. The molecule has 0 spiro atoms. The van der Waals surface area contributed by atoms with Gasteiger partial charge in [0.25, 0.3) is 0 Å². The van der Waals surface area contributed by atoms with Crippen LogP contribution in [0.25, 0.3) is 0 Å². The van der Waals surface area contributed by atoms with Gasteiger partial charge in [-0.2, -0.15) is 0 Å². The van der Waals surface area contributed by atoms with E-state index in [1.165, 1.54) is 21.8 Å². The summed E-state index contributed by atoms with van der Waals surface area (Å²) in [5, 5.41) is 0. The highest BCUT2D eigenvalue weighted by Gasteiger charge is 2.23. The van der Waals surface area contributed by atoms with Crippen molar-refractivity contribution >= 4 is 23.1 Å². The number of nitrogens with zero attached hydrogens (tertiary/aromatic N) is 1. The van der Waals surface area contributed by atoms with E-state index in [-0.39, 0.29) is 12.4 Å². The molecule has 0 saturated carbocycles. The number of rotatable bonds is 6. The summed E-state index contributed by atoms with van der Waals surface area (Å²) < 4.78 is 12.8. The van der Waals surface area contributed by atoms with Gasteiger partial charge in [-0.1, -0.05) is 6.92 Å². The van der Waals surface area contributed by atoms with Gasteiger partial charge in [0, 0.05) is 21.8 Å². The van der Waals surface area contributed by atoms with Crippen LogP contribution >= 0.6 is 11.3 Å². The molecule has 0 aromatic carbocycles. The number of fused-ring (bicyclic) bond motifs is 1. The molecular formula is C23H25NO4S. The molecule has 0 bridgehead atoms. The highest BCUT2D eigenvalue weighted by molar-refractivity contribution is 7.14. The first-order valence-electron chi connectivity index (χ1n) is 9.93. The molecule has 0 aliphatic heterocycles. The fourth-order valence-electron chi connectivity index (χ4n) is 3.97. The van der Waals surface area contributed by atoms with E-state index >= 15 is 0 Å². The minimum Gasteiger partial charge on any atom is -0.467 e. The number of carbonyl (C=O) groups is 2. The topological polar surface area (TPSA) is 61.4 Å². The highest BCUT2D eigenvalue weighted by Crippen LogP contribution is 2.32. The summed E-state index contributed by atoms with van der Waals surface area (Å²) in [6, 6.07) is 7.54. The number of ketones is 1. The Balaban J connectivity index is 1.42. The van der Waals surface area contributed by atoms with Crippen LogP contribution in [0.15, 0.2) is 34.9 Å². The molecule has 29 heavy (non-hydrogen) atoms. The van der Waals surface area contributed by atoms with E-state index in [4.69, 9.17) is 9.15 Å². The van der Waals surface area contributed by atoms with Crippen molar-refractivity contribution in [3.05, 3.63) is 68.6 Å². The van der Waals surface area contributed by atoms with Crippen molar-refractivity contribution in [1.29, 1.82) is 0 Å². The van der Waals surface area contributed by atoms with Crippen LogP contribution < -0.4 is 0 Å². The Labute approximate surface area is 174 Å². The quantitative estimate of drug-likeness (QED) is 0.424. The number of aryl methyl sites for hydroxylation is 2. The normalized spacial score (nSPS) is 15.9. The van der Waals surface area contributed by atoms with Crippen molar-refractivity contribution in [2.24, 2.45) is 5.92 Å². The number of aromatic nitrogens is 1. The molecule has 0 amide bonds. The smallest absolute Gasteiger partial charge is 0.348 e. The van der Waals surface area contributed by atoms with E-state index in [2.05, 4.69) is 6.92 Å². The molecule has 0 fully saturated rings. The molecule has 0 unspecified atom stereocenters. The lowest BCUT2D eigenvalue weighted by Gasteiger charge is -2.16. The Morgan fingerprint density at radius 1 is 1.31 bits per heavy atom. The van der Waals surface area contributed by atoms with Gasteiger partial charge in [0.2, 0.25) is 5.78 Å². The van der Waals surface area contributed by atoms with Crippen LogP contribution in [0.5, 0.6) is 0 Å². The van der Waals surface area contributed by atoms with E-state index in [1.807, 2.05) is 42.7 Å². The van der Waals surface area contributed by atoms with Crippen molar-refractivity contribution in [2.45, 2.75) is 46.6 Å². The van der Waals surface area contributed by atoms with Gasteiger partial charge in [-0.05, 0) is 68.9 Å². The monoisotopic (exact) mass is 411 g/mol. The molecule has 3 heterocycles. The Bertz CT molecular complexity index is 1040. The van der Waals surface area contributed by atoms with Gasteiger partial charge in [-0.25, -0.2) is 4.79 Å². The number of furan rings is 1. The number of hydrogen-bond donors (Lipinski definition) is 0. The van der Waals surface area contributed by atoms with Gasteiger partial charge in [0.05, 0.1) is 12.8 Å².